The molecule has 4 aromatic carbocycles. The van der Waals surface area contributed by atoms with E-state index in [1.54, 1.807) is 31.2 Å². The first-order valence-corrected chi connectivity index (χ1v) is 14.4. The fourth-order valence-corrected chi connectivity index (χ4v) is 4.88. The van der Waals surface area contributed by atoms with Gasteiger partial charge in [-0.15, -0.1) is 12.4 Å². The predicted octanol–water partition coefficient (Wildman–Crippen LogP) is 6.04. The molecular formula is C32H30Cl2N4O8. The zero-order valence-corrected chi connectivity index (χ0v) is 26.1. The molecule has 5 rings (SSSR count). The van der Waals surface area contributed by atoms with Crippen LogP contribution in [-0.2, 0) is 29.3 Å². The Labute approximate surface area is 274 Å². The van der Waals surface area contributed by atoms with Gasteiger partial charge in [-0.05, 0) is 40.5 Å². The zero-order chi connectivity index (χ0) is 31.8. The van der Waals surface area contributed by atoms with Gasteiger partial charge in [-0.1, -0.05) is 66.2 Å². The summed E-state index contributed by atoms with van der Waals surface area (Å²) in [4.78, 5) is 23.8. The number of rotatable bonds is 14. The van der Waals surface area contributed by atoms with E-state index in [1.807, 2.05) is 42.5 Å². The van der Waals surface area contributed by atoms with Gasteiger partial charge in [-0.3, -0.25) is 20.2 Å². The molecule has 1 heterocycles. The van der Waals surface area contributed by atoms with Gasteiger partial charge >= 0.3 is 11.7 Å². The van der Waals surface area contributed by atoms with E-state index in [1.165, 1.54) is 12.1 Å². The van der Waals surface area contributed by atoms with Crippen LogP contribution in [0.5, 0.6) is 11.5 Å². The molecule has 0 fully saturated rings. The van der Waals surface area contributed by atoms with Gasteiger partial charge in [-0.2, -0.15) is 0 Å². The van der Waals surface area contributed by atoms with Crippen molar-refractivity contribution in [1.82, 2.24) is 15.6 Å². The average Bonchev–Trinajstić information content (AvgIpc) is 3.52. The number of esters is 1. The molecule has 0 spiro atoms. The highest BCUT2D eigenvalue weighted by Gasteiger charge is 2.24. The Bertz CT molecular complexity index is 1800. The molecule has 0 aliphatic rings. The summed E-state index contributed by atoms with van der Waals surface area (Å²) >= 11 is 6.73. The molecule has 0 bridgehead atoms. The van der Waals surface area contributed by atoms with Crippen molar-refractivity contribution in [3.63, 3.8) is 0 Å². The SMILES string of the molecule is CCOC(=O)C(CO)NCc1cc([N+](=O)[O-])c(OCc2cccc(-c3ccccc3)c2Cl)cc1OCc1ccc2nonc2c1.Cl. The minimum atomic E-state index is -1.05. The van der Waals surface area contributed by atoms with Gasteiger partial charge in [0.1, 0.15) is 36.0 Å². The Hall–Kier alpha value is -4.75. The molecule has 0 aliphatic heterocycles. The molecule has 2 N–H and O–H groups in total. The largest absolute Gasteiger partial charge is 0.488 e. The van der Waals surface area contributed by atoms with Gasteiger partial charge < -0.3 is 19.3 Å². The number of nitro groups is 1. The van der Waals surface area contributed by atoms with Crippen LogP contribution in [0, 0.1) is 10.1 Å². The van der Waals surface area contributed by atoms with Crippen molar-refractivity contribution in [1.29, 1.82) is 0 Å². The van der Waals surface area contributed by atoms with E-state index in [-0.39, 0.29) is 56.0 Å². The molecule has 46 heavy (non-hydrogen) atoms. The van der Waals surface area contributed by atoms with Gasteiger partial charge in [0.25, 0.3) is 0 Å². The molecule has 0 radical (unpaired) electrons. The highest BCUT2D eigenvalue weighted by molar-refractivity contribution is 6.34. The topological polar surface area (TPSA) is 159 Å². The molecular weight excluding hydrogens is 639 g/mol. The number of halogens is 2. The van der Waals surface area contributed by atoms with Gasteiger partial charge in [0.2, 0.25) is 5.75 Å². The van der Waals surface area contributed by atoms with Gasteiger partial charge in [0.05, 0.1) is 23.2 Å². The number of benzene rings is 4. The van der Waals surface area contributed by atoms with Crippen LogP contribution >= 0.6 is 24.0 Å². The van der Waals surface area contributed by atoms with Crippen molar-refractivity contribution >= 4 is 46.7 Å². The maximum absolute atomic E-state index is 12.2. The van der Waals surface area contributed by atoms with Crippen molar-refractivity contribution in [2.24, 2.45) is 0 Å². The summed E-state index contributed by atoms with van der Waals surface area (Å²) in [5.41, 5.74) is 4.26. The summed E-state index contributed by atoms with van der Waals surface area (Å²) in [5, 5.41) is 32.9. The first kappa shape index (κ1) is 34.1. The Balaban J connectivity index is 0.00000480. The minimum Gasteiger partial charge on any atom is -0.488 e. The third-order valence-electron chi connectivity index (χ3n) is 6.89. The van der Waals surface area contributed by atoms with E-state index in [0.717, 1.165) is 16.7 Å². The second kappa shape index (κ2) is 16.0. The fraction of sp³-hybridized carbons (Fsp3) is 0.219. The van der Waals surface area contributed by atoms with Crippen LogP contribution < -0.4 is 14.8 Å². The number of aliphatic hydroxyl groups is 1. The number of aliphatic hydroxyl groups excluding tert-OH is 1. The van der Waals surface area contributed by atoms with Crippen LogP contribution in [0.25, 0.3) is 22.2 Å². The number of nitro benzene ring substituents is 1. The number of fused-ring (bicyclic) bond motifs is 1. The number of nitrogens with zero attached hydrogens (tertiary/aromatic N) is 3. The number of hydrogen-bond donors (Lipinski definition) is 2. The second-order valence-corrected chi connectivity index (χ2v) is 10.2. The van der Waals surface area contributed by atoms with E-state index in [2.05, 4.69) is 15.6 Å². The monoisotopic (exact) mass is 668 g/mol. The lowest BCUT2D eigenvalue weighted by Crippen LogP contribution is -2.40. The van der Waals surface area contributed by atoms with Crippen LogP contribution in [0.15, 0.2) is 83.5 Å². The number of carbonyl (C=O) groups excluding carboxylic acids is 1. The van der Waals surface area contributed by atoms with Crippen molar-refractivity contribution < 1.29 is 33.7 Å². The summed E-state index contributed by atoms with van der Waals surface area (Å²) in [5.74, 6) is -0.438. The first-order valence-electron chi connectivity index (χ1n) is 14.0. The third-order valence-corrected chi connectivity index (χ3v) is 7.34. The third kappa shape index (κ3) is 8.09. The molecule has 12 nitrogen and oxygen atoms in total. The van der Waals surface area contributed by atoms with E-state index in [4.69, 9.17) is 30.4 Å². The maximum Gasteiger partial charge on any atom is 0.325 e. The predicted molar refractivity (Wildman–Crippen MR) is 172 cm³/mol. The molecule has 1 aromatic heterocycles. The summed E-state index contributed by atoms with van der Waals surface area (Å²) in [6.45, 7) is 1.21. The highest BCUT2D eigenvalue weighted by Crippen LogP contribution is 2.37. The fourth-order valence-electron chi connectivity index (χ4n) is 4.59. The minimum absolute atomic E-state index is 0. The van der Waals surface area contributed by atoms with Crippen LogP contribution in [0.2, 0.25) is 5.02 Å². The van der Waals surface area contributed by atoms with Gasteiger partial charge in [0.15, 0.2) is 0 Å². The molecule has 1 unspecified atom stereocenters. The number of nitrogens with one attached hydrogen (secondary N) is 1. The lowest BCUT2D eigenvalue weighted by Gasteiger charge is -2.18. The normalized spacial score (nSPS) is 11.5. The number of ether oxygens (including phenoxy) is 3. The second-order valence-electron chi connectivity index (χ2n) is 9.86. The molecule has 240 valence electrons. The van der Waals surface area contributed by atoms with Crippen molar-refractivity contribution in [3.8, 4) is 22.6 Å². The van der Waals surface area contributed by atoms with Crippen LogP contribution in [0.1, 0.15) is 23.6 Å². The molecule has 0 saturated heterocycles. The van der Waals surface area contributed by atoms with Gasteiger partial charge in [0, 0.05) is 35.4 Å². The van der Waals surface area contributed by atoms with E-state index >= 15 is 0 Å². The number of hydrogen-bond acceptors (Lipinski definition) is 11. The molecule has 5 aromatic rings. The Kier molecular flexibility index (Phi) is 11.9. The summed E-state index contributed by atoms with van der Waals surface area (Å²) in [7, 11) is 0. The molecule has 1 atom stereocenters. The van der Waals surface area contributed by atoms with Crippen molar-refractivity contribution in [2.75, 3.05) is 13.2 Å². The van der Waals surface area contributed by atoms with Crippen LogP contribution in [0.3, 0.4) is 0 Å². The summed E-state index contributed by atoms with van der Waals surface area (Å²) in [6.07, 6.45) is 0. The maximum atomic E-state index is 12.2. The molecule has 0 aliphatic carbocycles. The van der Waals surface area contributed by atoms with Crippen molar-refractivity contribution in [3.05, 3.63) is 111 Å². The van der Waals surface area contributed by atoms with E-state index < -0.39 is 23.5 Å². The standard InChI is InChI=1S/C32H29ClN4O8.ClH/c1-2-42-32(39)27(17-38)34-16-23-14-28(37(40)41)30(15-29(23)43-18-20-11-12-25-26(13-20)36-45-35-25)44-19-22-9-6-10-24(31(22)33)21-7-4-3-5-8-21;/h3-15,27,34,38H,2,16-19H2,1H3;1H. The smallest absolute Gasteiger partial charge is 0.325 e. The van der Waals surface area contributed by atoms with Crippen molar-refractivity contribution in [2.45, 2.75) is 32.7 Å². The van der Waals surface area contributed by atoms with Crippen LogP contribution in [0.4, 0.5) is 5.69 Å². The number of aromatic nitrogens is 2. The summed E-state index contributed by atoms with van der Waals surface area (Å²) < 4.78 is 21.9. The lowest BCUT2D eigenvalue weighted by atomic mass is 10.0. The quantitative estimate of drug-likeness (QED) is 0.0806. The lowest BCUT2D eigenvalue weighted by molar-refractivity contribution is -0.386. The van der Waals surface area contributed by atoms with Crippen LogP contribution in [-0.4, -0.2) is 45.6 Å². The molecule has 0 saturated carbocycles. The summed E-state index contributed by atoms with van der Waals surface area (Å²) in [6, 6.07) is 22.1. The Morgan fingerprint density at radius 3 is 2.48 bits per heavy atom. The Morgan fingerprint density at radius 1 is 0.978 bits per heavy atom. The highest BCUT2D eigenvalue weighted by atomic mass is 35.5. The zero-order valence-electron chi connectivity index (χ0n) is 24.6. The molecule has 0 amide bonds. The average molecular weight is 670 g/mol. The Morgan fingerprint density at radius 2 is 1.74 bits per heavy atom. The number of carbonyl (C=O) groups is 1. The molecule has 14 heteroatoms. The first-order chi connectivity index (χ1) is 21.9. The van der Waals surface area contributed by atoms with Gasteiger partial charge in [-0.25, -0.2) is 4.63 Å². The van der Waals surface area contributed by atoms with E-state index in [0.29, 0.717) is 27.2 Å². The van der Waals surface area contributed by atoms with E-state index in [9.17, 15) is 20.0 Å².